The van der Waals surface area contributed by atoms with Crippen LogP contribution >= 0.6 is 11.6 Å². The summed E-state index contributed by atoms with van der Waals surface area (Å²) in [6, 6.07) is 6.17. The van der Waals surface area contributed by atoms with Crippen LogP contribution < -0.4 is 5.32 Å². The first kappa shape index (κ1) is 14.9. The van der Waals surface area contributed by atoms with Gasteiger partial charge in [-0.1, -0.05) is 11.6 Å². The number of β-amino-alcohol motifs (C(OH)–C–C–N with tert-alkyl or cyclic N) is 2. The average Bonchev–Trinajstić information content (AvgIpc) is 2.68. The van der Waals surface area contributed by atoms with Crippen LogP contribution in [0.1, 0.15) is 10.4 Å². The number of aliphatic hydroxyl groups is 2. The topological polar surface area (TPSA) is 89.9 Å². The highest BCUT2D eigenvalue weighted by Gasteiger charge is 2.30. The molecule has 7 heteroatoms. The monoisotopic (exact) mass is 298 g/mol. The molecule has 0 bridgehead atoms. The molecule has 20 heavy (non-hydrogen) atoms. The predicted molar refractivity (Wildman–Crippen MR) is 72.4 cm³/mol. The number of aliphatic hydroxyl groups excluding tert-OH is 2. The van der Waals surface area contributed by atoms with Crippen LogP contribution in [0, 0.1) is 0 Å². The highest BCUT2D eigenvalue weighted by molar-refractivity contribution is 6.30. The summed E-state index contributed by atoms with van der Waals surface area (Å²) in [5, 5.41) is 21.5. The highest BCUT2D eigenvalue weighted by atomic mass is 35.5. The van der Waals surface area contributed by atoms with Gasteiger partial charge in [0.05, 0.1) is 18.8 Å². The van der Waals surface area contributed by atoms with Gasteiger partial charge >= 0.3 is 0 Å². The minimum absolute atomic E-state index is 0.0482. The number of rotatable bonds is 3. The molecule has 0 spiro atoms. The summed E-state index contributed by atoms with van der Waals surface area (Å²) in [5.41, 5.74) is 0.337. The van der Waals surface area contributed by atoms with E-state index in [-0.39, 0.29) is 19.6 Å². The van der Waals surface area contributed by atoms with Gasteiger partial charge in [0.15, 0.2) is 0 Å². The van der Waals surface area contributed by atoms with Crippen LogP contribution in [0.25, 0.3) is 0 Å². The fourth-order valence-corrected chi connectivity index (χ4v) is 2.14. The van der Waals surface area contributed by atoms with E-state index in [1.165, 1.54) is 12.1 Å². The number of carbonyl (C=O) groups is 2. The number of halogens is 1. The summed E-state index contributed by atoms with van der Waals surface area (Å²) in [7, 11) is 0. The lowest BCUT2D eigenvalue weighted by atomic mass is 10.2. The second-order valence-electron chi connectivity index (χ2n) is 4.71. The van der Waals surface area contributed by atoms with Gasteiger partial charge in [0.25, 0.3) is 5.91 Å². The van der Waals surface area contributed by atoms with E-state index in [4.69, 9.17) is 11.6 Å². The third-order valence-electron chi connectivity index (χ3n) is 3.06. The zero-order chi connectivity index (χ0) is 14.7. The van der Waals surface area contributed by atoms with Crippen LogP contribution in [-0.2, 0) is 4.79 Å². The molecule has 2 rings (SSSR count). The van der Waals surface area contributed by atoms with Crippen molar-refractivity contribution in [3.8, 4) is 0 Å². The Morgan fingerprint density at radius 3 is 2.30 bits per heavy atom. The number of imide groups is 1. The Morgan fingerprint density at radius 1 is 1.20 bits per heavy atom. The van der Waals surface area contributed by atoms with E-state index in [0.717, 1.165) is 0 Å². The summed E-state index contributed by atoms with van der Waals surface area (Å²) in [5.74, 6) is -0.988. The van der Waals surface area contributed by atoms with Crippen LogP contribution in [0.5, 0.6) is 0 Å². The van der Waals surface area contributed by atoms with Crippen molar-refractivity contribution in [1.82, 2.24) is 10.2 Å². The van der Waals surface area contributed by atoms with Gasteiger partial charge in [-0.05, 0) is 24.3 Å². The van der Waals surface area contributed by atoms with E-state index in [9.17, 15) is 19.8 Å². The second kappa shape index (κ2) is 6.32. The molecule has 1 aliphatic rings. The van der Waals surface area contributed by atoms with Gasteiger partial charge < -0.3 is 10.2 Å². The van der Waals surface area contributed by atoms with Crippen molar-refractivity contribution in [2.75, 3.05) is 19.6 Å². The van der Waals surface area contributed by atoms with E-state index < -0.39 is 24.0 Å². The molecule has 1 aromatic rings. The lowest BCUT2D eigenvalue weighted by Crippen LogP contribution is -2.39. The summed E-state index contributed by atoms with van der Waals surface area (Å²) in [6.07, 6.45) is -1.70. The Balaban J connectivity index is 1.85. The Hall–Kier alpha value is -1.47. The second-order valence-corrected chi connectivity index (χ2v) is 5.15. The quantitative estimate of drug-likeness (QED) is 0.709. The largest absolute Gasteiger partial charge is 0.389 e. The maximum Gasteiger partial charge on any atom is 0.257 e. The number of amides is 2. The SMILES string of the molecule is O=C(CN1C[C@@H](O)[C@@H](O)C1)NC(=O)c1ccc(Cl)cc1. The van der Waals surface area contributed by atoms with E-state index in [2.05, 4.69) is 5.32 Å². The van der Waals surface area contributed by atoms with Crippen LogP contribution in [0.2, 0.25) is 5.02 Å². The maximum absolute atomic E-state index is 11.8. The molecule has 1 fully saturated rings. The van der Waals surface area contributed by atoms with Gasteiger partial charge in [0.2, 0.25) is 5.91 Å². The van der Waals surface area contributed by atoms with E-state index in [0.29, 0.717) is 10.6 Å². The zero-order valence-electron chi connectivity index (χ0n) is 10.6. The molecule has 0 radical (unpaired) electrons. The van der Waals surface area contributed by atoms with Crippen molar-refractivity contribution >= 4 is 23.4 Å². The van der Waals surface area contributed by atoms with Crippen LogP contribution in [0.4, 0.5) is 0 Å². The molecular weight excluding hydrogens is 284 g/mol. The molecule has 3 N–H and O–H groups in total. The Bertz CT molecular complexity index is 496. The Labute approximate surface area is 121 Å². The number of carbonyl (C=O) groups excluding carboxylic acids is 2. The standard InChI is InChI=1S/C13H15ClN2O4/c14-9-3-1-8(2-4-9)13(20)15-12(19)7-16-5-10(17)11(18)6-16/h1-4,10-11,17-18H,5-7H2,(H,15,19,20)/t10-,11+. The van der Waals surface area contributed by atoms with Gasteiger partial charge in [0.1, 0.15) is 0 Å². The van der Waals surface area contributed by atoms with Crippen molar-refractivity contribution in [3.05, 3.63) is 34.9 Å². The van der Waals surface area contributed by atoms with E-state index in [1.54, 1.807) is 17.0 Å². The molecule has 0 saturated carbocycles. The molecule has 0 unspecified atom stereocenters. The molecule has 0 aliphatic carbocycles. The Kier molecular flexibility index (Phi) is 4.72. The molecule has 108 valence electrons. The van der Waals surface area contributed by atoms with Gasteiger partial charge in [-0.2, -0.15) is 0 Å². The van der Waals surface area contributed by atoms with Crippen molar-refractivity contribution in [1.29, 1.82) is 0 Å². The molecule has 2 atom stereocenters. The highest BCUT2D eigenvalue weighted by Crippen LogP contribution is 2.10. The number of nitrogens with one attached hydrogen (secondary N) is 1. The van der Waals surface area contributed by atoms with E-state index in [1.807, 2.05) is 0 Å². The van der Waals surface area contributed by atoms with Gasteiger partial charge in [-0.15, -0.1) is 0 Å². The van der Waals surface area contributed by atoms with Crippen molar-refractivity contribution < 1.29 is 19.8 Å². The first-order valence-electron chi connectivity index (χ1n) is 6.14. The predicted octanol–water partition coefficient (Wildman–Crippen LogP) is -0.366. The number of likely N-dealkylation sites (tertiary alicyclic amines) is 1. The molecule has 0 aromatic heterocycles. The number of nitrogens with zero attached hydrogens (tertiary/aromatic N) is 1. The molecule has 1 aliphatic heterocycles. The molecule has 2 amide bonds. The van der Waals surface area contributed by atoms with Gasteiger partial charge in [0, 0.05) is 23.7 Å². The summed E-state index contributed by atoms with van der Waals surface area (Å²) >= 11 is 5.71. The number of hydrogen-bond acceptors (Lipinski definition) is 5. The van der Waals surface area contributed by atoms with Gasteiger partial charge in [-0.3, -0.25) is 19.8 Å². The first-order valence-corrected chi connectivity index (χ1v) is 6.52. The normalized spacial score (nSPS) is 22.8. The zero-order valence-corrected chi connectivity index (χ0v) is 11.4. The number of hydrogen-bond donors (Lipinski definition) is 3. The smallest absolute Gasteiger partial charge is 0.257 e. The summed E-state index contributed by atoms with van der Waals surface area (Å²) in [6.45, 7) is 0.376. The van der Waals surface area contributed by atoms with Gasteiger partial charge in [-0.25, -0.2) is 0 Å². The van der Waals surface area contributed by atoms with Crippen molar-refractivity contribution in [2.45, 2.75) is 12.2 Å². The van der Waals surface area contributed by atoms with E-state index >= 15 is 0 Å². The summed E-state index contributed by atoms with van der Waals surface area (Å²) in [4.78, 5) is 25.1. The average molecular weight is 299 g/mol. The third kappa shape index (κ3) is 3.77. The van der Waals surface area contributed by atoms with Crippen molar-refractivity contribution in [2.24, 2.45) is 0 Å². The molecule has 6 nitrogen and oxygen atoms in total. The van der Waals surface area contributed by atoms with Crippen molar-refractivity contribution in [3.63, 3.8) is 0 Å². The van der Waals surface area contributed by atoms with Crippen LogP contribution in [-0.4, -0.2) is 58.8 Å². The molecule has 1 heterocycles. The Morgan fingerprint density at radius 2 is 1.75 bits per heavy atom. The minimum atomic E-state index is -0.852. The molecular formula is C13H15ClN2O4. The number of benzene rings is 1. The van der Waals surface area contributed by atoms with Crippen LogP contribution in [0.15, 0.2) is 24.3 Å². The third-order valence-corrected chi connectivity index (χ3v) is 3.31. The molecule has 1 aromatic carbocycles. The maximum atomic E-state index is 11.8. The lowest BCUT2D eigenvalue weighted by Gasteiger charge is -2.13. The summed E-state index contributed by atoms with van der Waals surface area (Å²) < 4.78 is 0. The fraction of sp³-hybridized carbons (Fsp3) is 0.385. The minimum Gasteiger partial charge on any atom is -0.389 e. The fourth-order valence-electron chi connectivity index (χ4n) is 2.02. The molecule has 1 saturated heterocycles. The van der Waals surface area contributed by atoms with Crippen LogP contribution in [0.3, 0.4) is 0 Å². The lowest BCUT2D eigenvalue weighted by molar-refractivity contribution is -0.121. The first-order chi connectivity index (χ1) is 9.45.